The highest BCUT2D eigenvalue weighted by atomic mass is 16.2. The van der Waals surface area contributed by atoms with E-state index in [1.54, 1.807) is 0 Å². The molecule has 4 heteroatoms. The number of carbonyl (C=O) groups is 2. The first-order valence-electron chi connectivity index (χ1n) is 7.73. The van der Waals surface area contributed by atoms with Crippen LogP contribution in [0.15, 0.2) is 0 Å². The summed E-state index contributed by atoms with van der Waals surface area (Å²) in [4.78, 5) is 25.8. The lowest BCUT2D eigenvalue weighted by Crippen LogP contribution is -2.47. The van der Waals surface area contributed by atoms with E-state index < -0.39 is 0 Å². The second kappa shape index (κ2) is 7.04. The van der Waals surface area contributed by atoms with Crippen LogP contribution in [-0.2, 0) is 9.59 Å². The van der Waals surface area contributed by atoms with Crippen molar-refractivity contribution in [1.29, 1.82) is 0 Å². The molecule has 1 saturated heterocycles. The summed E-state index contributed by atoms with van der Waals surface area (Å²) >= 11 is 0. The van der Waals surface area contributed by atoms with Gasteiger partial charge < -0.3 is 5.32 Å². The number of rotatable bonds is 4. The van der Waals surface area contributed by atoms with Gasteiger partial charge in [0.05, 0.1) is 6.54 Å². The van der Waals surface area contributed by atoms with E-state index in [2.05, 4.69) is 10.2 Å². The van der Waals surface area contributed by atoms with Gasteiger partial charge >= 0.3 is 0 Å². The second-order valence-corrected chi connectivity index (χ2v) is 5.96. The van der Waals surface area contributed by atoms with Crippen LogP contribution in [0.5, 0.6) is 0 Å². The Morgan fingerprint density at radius 1 is 1.32 bits per heavy atom. The van der Waals surface area contributed by atoms with Crippen molar-refractivity contribution in [2.45, 2.75) is 57.9 Å². The summed E-state index contributed by atoms with van der Waals surface area (Å²) in [7, 11) is 0. The molecule has 19 heavy (non-hydrogen) atoms. The molecule has 2 aliphatic rings. The van der Waals surface area contributed by atoms with Gasteiger partial charge in [-0.1, -0.05) is 26.2 Å². The van der Waals surface area contributed by atoms with E-state index in [4.69, 9.17) is 0 Å². The predicted molar refractivity (Wildman–Crippen MR) is 74.9 cm³/mol. The molecular weight excluding hydrogens is 240 g/mol. The summed E-state index contributed by atoms with van der Waals surface area (Å²) in [5.41, 5.74) is 0. The third kappa shape index (κ3) is 4.30. The lowest BCUT2D eigenvalue weighted by Gasteiger charge is -2.31. The van der Waals surface area contributed by atoms with E-state index in [0.717, 1.165) is 32.4 Å². The summed E-state index contributed by atoms with van der Waals surface area (Å²) in [6.07, 6.45) is 7.53. The zero-order valence-corrected chi connectivity index (χ0v) is 12.0. The van der Waals surface area contributed by atoms with Crippen molar-refractivity contribution in [3.8, 4) is 0 Å². The van der Waals surface area contributed by atoms with Gasteiger partial charge in [-0.25, -0.2) is 0 Å². The zero-order chi connectivity index (χ0) is 13.7. The lowest BCUT2D eigenvalue weighted by molar-refractivity contribution is -0.130. The van der Waals surface area contributed by atoms with Crippen LogP contribution in [0.3, 0.4) is 0 Å². The fourth-order valence-corrected chi connectivity index (χ4v) is 3.20. The maximum absolute atomic E-state index is 12.0. The van der Waals surface area contributed by atoms with E-state index in [-0.39, 0.29) is 11.8 Å². The first-order chi connectivity index (χ1) is 9.19. The molecule has 1 saturated carbocycles. The van der Waals surface area contributed by atoms with E-state index in [0.29, 0.717) is 24.8 Å². The third-order valence-corrected chi connectivity index (χ3v) is 4.44. The third-order valence-electron chi connectivity index (χ3n) is 4.44. The zero-order valence-electron chi connectivity index (χ0n) is 12.0. The van der Waals surface area contributed by atoms with Gasteiger partial charge in [-0.3, -0.25) is 14.5 Å². The molecule has 1 N–H and O–H groups in total. The highest BCUT2D eigenvalue weighted by molar-refractivity contribution is 5.83. The van der Waals surface area contributed by atoms with Gasteiger partial charge in [0.25, 0.3) is 0 Å². The van der Waals surface area contributed by atoms with Gasteiger partial charge in [0.1, 0.15) is 5.78 Å². The number of piperidine rings is 1. The summed E-state index contributed by atoms with van der Waals surface area (Å²) in [6, 6.07) is 0.384. The van der Waals surface area contributed by atoms with Gasteiger partial charge in [0.2, 0.25) is 5.91 Å². The van der Waals surface area contributed by atoms with Crippen LogP contribution >= 0.6 is 0 Å². The van der Waals surface area contributed by atoms with Gasteiger partial charge in [-0.05, 0) is 19.3 Å². The van der Waals surface area contributed by atoms with Crippen molar-refractivity contribution < 1.29 is 9.59 Å². The molecule has 0 spiro atoms. The van der Waals surface area contributed by atoms with Crippen LogP contribution in [-0.4, -0.2) is 42.3 Å². The van der Waals surface area contributed by atoms with E-state index in [1.165, 1.54) is 19.3 Å². The van der Waals surface area contributed by atoms with Crippen LogP contribution in [0, 0.1) is 5.92 Å². The molecule has 2 fully saturated rings. The van der Waals surface area contributed by atoms with Crippen LogP contribution in [0.2, 0.25) is 0 Å². The van der Waals surface area contributed by atoms with Crippen LogP contribution in [0.25, 0.3) is 0 Å². The van der Waals surface area contributed by atoms with Crippen molar-refractivity contribution in [1.82, 2.24) is 10.2 Å². The highest BCUT2D eigenvalue weighted by Gasteiger charge is 2.27. The Morgan fingerprint density at radius 3 is 2.74 bits per heavy atom. The molecule has 1 unspecified atom stereocenters. The van der Waals surface area contributed by atoms with Gasteiger partial charge in [-0.15, -0.1) is 0 Å². The molecule has 1 amide bonds. The number of hydrogen-bond donors (Lipinski definition) is 1. The molecule has 108 valence electrons. The average Bonchev–Trinajstić information content (AvgIpc) is 2.42. The number of nitrogens with zero attached hydrogens (tertiary/aromatic N) is 1. The van der Waals surface area contributed by atoms with Crippen LogP contribution < -0.4 is 5.32 Å². The summed E-state index contributed by atoms with van der Waals surface area (Å²) < 4.78 is 0. The normalized spacial score (nSPS) is 26.4. The minimum absolute atomic E-state index is 0.135. The number of amides is 1. The molecule has 1 aliphatic heterocycles. The Balaban J connectivity index is 1.74. The Hall–Kier alpha value is -0.900. The monoisotopic (exact) mass is 266 g/mol. The van der Waals surface area contributed by atoms with Gasteiger partial charge in [0, 0.05) is 31.5 Å². The summed E-state index contributed by atoms with van der Waals surface area (Å²) in [6.45, 7) is 4.01. The fourth-order valence-electron chi connectivity index (χ4n) is 3.20. The molecule has 1 heterocycles. The quantitative estimate of drug-likeness (QED) is 0.843. The highest BCUT2D eigenvalue weighted by Crippen LogP contribution is 2.18. The van der Waals surface area contributed by atoms with Crippen molar-refractivity contribution in [3.63, 3.8) is 0 Å². The Labute approximate surface area is 115 Å². The SMILES string of the molecule is CCC1CN(CC(=O)NC2CCCCC2)CCC1=O. The molecule has 2 rings (SSSR count). The molecule has 0 aromatic rings. The molecule has 0 aromatic heterocycles. The van der Waals surface area contributed by atoms with Crippen molar-refractivity contribution >= 4 is 11.7 Å². The average molecular weight is 266 g/mol. The number of carbonyl (C=O) groups excluding carboxylic acids is 2. The van der Waals surface area contributed by atoms with Gasteiger partial charge in [0.15, 0.2) is 0 Å². The summed E-state index contributed by atoms with van der Waals surface area (Å²) in [5.74, 6) is 0.638. The topological polar surface area (TPSA) is 49.4 Å². The number of Topliss-reactive ketones (excluding diaryl/α,β-unsaturated/α-hetero) is 1. The lowest BCUT2D eigenvalue weighted by atomic mass is 9.94. The van der Waals surface area contributed by atoms with Crippen LogP contribution in [0.4, 0.5) is 0 Å². The minimum Gasteiger partial charge on any atom is -0.352 e. The summed E-state index contributed by atoms with van der Waals surface area (Å²) in [5, 5.41) is 3.14. The molecule has 4 nitrogen and oxygen atoms in total. The smallest absolute Gasteiger partial charge is 0.234 e. The molecular formula is C15H26N2O2. The number of likely N-dealkylation sites (tertiary alicyclic amines) is 1. The van der Waals surface area contributed by atoms with Crippen molar-refractivity contribution in [2.24, 2.45) is 5.92 Å². The molecule has 0 aromatic carbocycles. The predicted octanol–water partition coefficient (Wildman–Crippen LogP) is 1.74. The Morgan fingerprint density at radius 2 is 2.05 bits per heavy atom. The molecule has 0 bridgehead atoms. The maximum Gasteiger partial charge on any atom is 0.234 e. The van der Waals surface area contributed by atoms with E-state index in [1.807, 2.05) is 6.92 Å². The van der Waals surface area contributed by atoms with E-state index in [9.17, 15) is 9.59 Å². The van der Waals surface area contributed by atoms with Gasteiger partial charge in [-0.2, -0.15) is 0 Å². The Bertz CT molecular complexity index is 324. The first kappa shape index (κ1) is 14.5. The minimum atomic E-state index is 0.135. The second-order valence-electron chi connectivity index (χ2n) is 5.96. The van der Waals surface area contributed by atoms with Crippen molar-refractivity contribution in [3.05, 3.63) is 0 Å². The maximum atomic E-state index is 12.0. The molecule has 1 aliphatic carbocycles. The molecule has 1 atom stereocenters. The standard InChI is InChI=1S/C15H26N2O2/c1-2-12-10-17(9-8-14(12)18)11-15(19)16-13-6-4-3-5-7-13/h12-13H,2-11H2,1H3,(H,16,19). The number of ketones is 1. The number of nitrogens with one attached hydrogen (secondary N) is 1. The van der Waals surface area contributed by atoms with E-state index >= 15 is 0 Å². The first-order valence-corrected chi connectivity index (χ1v) is 7.73. The fraction of sp³-hybridized carbons (Fsp3) is 0.867. The molecule has 0 radical (unpaired) electrons. The Kier molecular flexibility index (Phi) is 5.37. The van der Waals surface area contributed by atoms with Crippen molar-refractivity contribution in [2.75, 3.05) is 19.6 Å². The van der Waals surface area contributed by atoms with Crippen LogP contribution in [0.1, 0.15) is 51.9 Å². The number of hydrogen-bond acceptors (Lipinski definition) is 3. The largest absolute Gasteiger partial charge is 0.352 e.